The number of nitrogens with zero attached hydrogens (tertiary/aromatic N) is 2. The fourth-order valence-electron chi connectivity index (χ4n) is 4.36. The fraction of sp³-hybridized carbons (Fsp3) is 0.364. The Kier molecular flexibility index (Phi) is 4.21. The van der Waals surface area contributed by atoms with E-state index >= 15 is 4.39 Å². The molecule has 1 aliphatic heterocycles. The van der Waals surface area contributed by atoms with Crippen LogP contribution in [0.5, 0.6) is 5.75 Å². The number of methoxy groups -OCH3 is 1. The maximum atomic E-state index is 15.4. The summed E-state index contributed by atoms with van der Waals surface area (Å²) in [7, 11) is 1.45. The lowest BCUT2D eigenvalue weighted by Crippen LogP contribution is -2.35. The molecule has 1 saturated carbocycles. The van der Waals surface area contributed by atoms with Crippen LogP contribution in [0, 0.1) is 5.82 Å². The van der Waals surface area contributed by atoms with Gasteiger partial charge < -0.3 is 24.3 Å². The maximum absolute atomic E-state index is 15.4. The molecule has 0 amide bonds. The van der Waals surface area contributed by atoms with Crippen molar-refractivity contribution >= 4 is 16.9 Å². The van der Waals surface area contributed by atoms with Crippen LogP contribution in [0.2, 0.25) is 0 Å². The van der Waals surface area contributed by atoms with Gasteiger partial charge >= 0.3 is 5.97 Å². The number of halogens is 1. The number of benzene rings is 1. The fourth-order valence-corrected chi connectivity index (χ4v) is 4.36. The van der Waals surface area contributed by atoms with Gasteiger partial charge in [-0.15, -0.1) is 0 Å². The summed E-state index contributed by atoms with van der Waals surface area (Å²) in [4.78, 5) is 24.4. The first-order chi connectivity index (χ1) is 14.4. The van der Waals surface area contributed by atoms with Gasteiger partial charge in [0, 0.05) is 48.8 Å². The van der Waals surface area contributed by atoms with E-state index in [9.17, 15) is 14.7 Å². The van der Waals surface area contributed by atoms with Crippen molar-refractivity contribution in [3.05, 3.63) is 51.8 Å². The molecule has 2 aliphatic rings. The molecule has 1 fully saturated rings. The average molecular weight is 411 g/mol. The van der Waals surface area contributed by atoms with Crippen molar-refractivity contribution in [2.75, 3.05) is 7.11 Å². The molecule has 156 valence electrons. The molecule has 0 saturated heterocycles. The van der Waals surface area contributed by atoms with Crippen LogP contribution in [0.15, 0.2) is 29.3 Å². The Labute approximate surface area is 171 Å². The van der Waals surface area contributed by atoms with Crippen molar-refractivity contribution in [1.82, 2.24) is 14.5 Å². The minimum Gasteiger partial charge on any atom is -0.494 e. The summed E-state index contributed by atoms with van der Waals surface area (Å²) in [6, 6.07) is 3.47. The minimum atomic E-state index is -1.32. The highest BCUT2D eigenvalue weighted by atomic mass is 19.1. The number of aromatic nitrogens is 2. The van der Waals surface area contributed by atoms with Crippen LogP contribution in [0.4, 0.5) is 4.39 Å². The molecule has 0 radical (unpaired) electrons. The van der Waals surface area contributed by atoms with E-state index < -0.39 is 17.2 Å². The molecule has 2 aromatic heterocycles. The molecule has 2 N–H and O–H groups in total. The van der Waals surface area contributed by atoms with Gasteiger partial charge in [0.05, 0.1) is 23.6 Å². The van der Waals surface area contributed by atoms with Crippen LogP contribution in [0.3, 0.4) is 0 Å². The van der Waals surface area contributed by atoms with Gasteiger partial charge in [-0.1, -0.05) is 0 Å². The standard InChI is InChI=1S/C22H22FN3O4/c1-11-8-25-9-12(5-14(25)7-24-11)18-17(23)6-15-19(21(18)30-2)26(13-3-4-13)10-16(20(15)27)22(28)29/h5-6,9-11,13,24H,3-4,7-8H2,1-2H3,(H,28,29). The number of hydrogen-bond donors (Lipinski definition) is 2. The van der Waals surface area contributed by atoms with E-state index in [0.29, 0.717) is 23.7 Å². The highest BCUT2D eigenvalue weighted by Crippen LogP contribution is 2.44. The Morgan fingerprint density at radius 3 is 2.73 bits per heavy atom. The molecule has 3 heterocycles. The normalized spacial score (nSPS) is 18.4. The lowest BCUT2D eigenvalue weighted by atomic mass is 10.0. The summed E-state index contributed by atoms with van der Waals surface area (Å²) in [5, 5.41) is 12.9. The Hall–Kier alpha value is -3.13. The van der Waals surface area contributed by atoms with Gasteiger partial charge in [0.15, 0.2) is 5.75 Å². The third-order valence-corrected chi connectivity index (χ3v) is 5.97. The molecular weight excluding hydrogens is 389 g/mol. The highest BCUT2D eigenvalue weighted by molar-refractivity contribution is 5.98. The Morgan fingerprint density at radius 1 is 1.30 bits per heavy atom. The van der Waals surface area contributed by atoms with E-state index in [1.54, 1.807) is 4.57 Å². The Morgan fingerprint density at radius 2 is 2.07 bits per heavy atom. The Balaban J connectivity index is 1.82. The van der Waals surface area contributed by atoms with Crippen LogP contribution in [0.25, 0.3) is 22.0 Å². The molecule has 3 aromatic rings. The lowest BCUT2D eigenvalue weighted by molar-refractivity contribution is 0.0695. The van der Waals surface area contributed by atoms with E-state index in [4.69, 9.17) is 4.74 Å². The largest absolute Gasteiger partial charge is 0.494 e. The van der Waals surface area contributed by atoms with Gasteiger partial charge in [0.1, 0.15) is 11.4 Å². The van der Waals surface area contributed by atoms with Crippen LogP contribution in [-0.2, 0) is 13.1 Å². The van der Waals surface area contributed by atoms with E-state index in [1.165, 1.54) is 13.3 Å². The molecule has 1 unspecified atom stereocenters. The van der Waals surface area contributed by atoms with E-state index in [1.807, 2.05) is 12.3 Å². The molecule has 1 atom stereocenters. The van der Waals surface area contributed by atoms with Crippen molar-refractivity contribution in [3.63, 3.8) is 0 Å². The van der Waals surface area contributed by atoms with Gasteiger partial charge in [0.2, 0.25) is 5.43 Å². The first kappa shape index (κ1) is 18.9. The molecular formula is C22H22FN3O4. The zero-order valence-electron chi connectivity index (χ0n) is 16.7. The first-order valence-corrected chi connectivity index (χ1v) is 10.0. The number of fused-ring (bicyclic) bond motifs is 2. The van der Waals surface area contributed by atoms with Crippen molar-refractivity contribution in [1.29, 1.82) is 0 Å². The van der Waals surface area contributed by atoms with Crippen molar-refractivity contribution in [2.24, 2.45) is 0 Å². The third kappa shape index (κ3) is 2.82. The number of aromatic carboxylic acids is 1. The monoisotopic (exact) mass is 411 g/mol. The number of carboxylic acids is 1. The summed E-state index contributed by atoms with van der Waals surface area (Å²) in [6.45, 7) is 3.56. The molecule has 0 spiro atoms. The van der Waals surface area contributed by atoms with Crippen molar-refractivity contribution in [2.45, 2.75) is 44.9 Å². The zero-order chi connectivity index (χ0) is 21.2. The maximum Gasteiger partial charge on any atom is 0.341 e. The predicted octanol–water partition coefficient (Wildman–Crippen LogP) is 3.14. The van der Waals surface area contributed by atoms with Crippen molar-refractivity contribution < 1.29 is 19.0 Å². The molecule has 0 bridgehead atoms. The van der Waals surface area contributed by atoms with Gasteiger partial charge in [-0.3, -0.25) is 4.79 Å². The van der Waals surface area contributed by atoms with Gasteiger partial charge in [-0.25, -0.2) is 9.18 Å². The van der Waals surface area contributed by atoms with Gasteiger partial charge in [0.25, 0.3) is 0 Å². The minimum absolute atomic E-state index is 0.0270. The number of carboxylic acid groups (broad SMARTS) is 1. The number of nitrogens with one attached hydrogen (secondary N) is 1. The van der Waals surface area contributed by atoms with Crippen LogP contribution in [-0.4, -0.2) is 33.4 Å². The smallest absolute Gasteiger partial charge is 0.341 e. The second-order valence-electron chi connectivity index (χ2n) is 8.13. The molecule has 8 heteroatoms. The lowest BCUT2D eigenvalue weighted by Gasteiger charge is -2.22. The predicted molar refractivity (Wildman–Crippen MR) is 110 cm³/mol. The first-order valence-electron chi connectivity index (χ1n) is 10.0. The number of hydrogen-bond acceptors (Lipinski definition) is 4. The van der Waals surface area contributed by atoms with Crippen molar-refractivity contribution in [3.8, 4) is 16.9 Å². The molecule has 5 rings (SSSR count). The molecule has 1 aliphatic carbocycles. The van der Waals surface area contributed by atoms with E-state index in [2.05, 4.69) is 16.8 Å². The number of ether oxygens (including phenoxy) is 1. The summed E-state index contributed by atoms with van der Waals surface area (Å²) >= 11 is 0. The van der Waals surface area contributed by atoms with E-state index in [-0.39, 0.29) is 28.3 Å². The Bertz CT molecular complexity index is 1260. The average Bonchev–Trinajstić information content (AvgIpc) is 3.46. The topological polar surface area (TPSA) is 85.5 Å². The molecule has 1 aromatic carbocycles. The molecule has 30 heavy (non-hydrogen) atoms. The second-order valence-corrected chi connectivity index (χ2v) is 8.13. The number of rotatable bonds is 4. The summed E-state index contributed by atoms with van der Waals surface area (Å²) < 4.78 is 24.9. The summed E-state index contributed by atoms with van der Waals surface area (Å²) in [6.07, 6.45) is 5.02. The third-order valence-electron chi connectivity index (χ3n) is 5.97. The van der Waals surface area contributed by atoms with Crippen LogP contribution in [0.1, 0.15) is 41.9 Å². The van der Waals surface area contributed by atoms with E-state index in [0.717, 1.165) is 31.1 Å². The van der Waals surface area contributed by atoms with Gasteiger partial charge in [-0.2, -0.15) is 0 Å². The summed E-state index contributed by atoms with van der Waals surface area (Å²) in [5.41, 5.74) is 1.40. The quantitative estimate of drug-likeness (QED) is 0.689. The van der Waals surface area contributed by atoms with Crippen LogP contribution >= 0.6 is 0 Å². The number of carbonyl (C=O) groups is 1. The zero-order valence-corrected chi connectivity index (χ0v) is 16.7. The SMILES string of the molecule is COc1c(-c2cc3n(c2)CC(C)NC3)c(F)cc2c(=O)c(C(=O)O)cn(C3CC3)c12. The van der Waals surface area contributed by atoms with Gasteiger partial charge in [-0.05, 0) is 31.9 Å². The number of pyridine rings is 1. The highest BCUT2D eigenvalue weighted by Gasteiger charge is 2.31. The molecule has 7 nitrogen and oxygen atoms in total. The van der Waals surface area contributed by atoms with Crippen LogP contribution < -0.4 is 15.5 Å². The second kappa shape index (κ2) is 6.70. The summed E-state index contributed by atoms with van der Waals surface area (Å²) in [5.74, 6) is -1.67.